The van der Waals surface area contributed by atoms with Gasteiger partial charge < -0.3 is 15.0 Å². The molecule has 0 radical (unpaired) electrons. The molecule has 0 atom stereocenters. The minimum atomic E-state index is -0.894. The topological polar surface area (TPSA) is 54.3 Å². The van der Waals surface area contributed by atoms with E-state index in [2.05, 4.69) is 12.2 Å². The lowest BCUT2D eigenvalue weighted by atomic mass is 10.1. The highest BCUT2D eigenvalue weighted by molar-refractivity contribution is 6.36. The lowest BCUT2D eigenvalue weighted by molar-refractivity contribution is 0.0685. The zero-order chi connectivity index (χ0) is 22.2. The van der Waals surface area contributed by atoms with E-state index < -0.39 is 5.97 Å². The summed E-state index contributed by atoms with van der Waals surface area (Å²) in [4.78, 5) is 11.7. The van der Waals surface area contributed by atoms with E-state index in [1.807, 2.05) is 53.2 Å². The van der Waals surface area contributed by atoms with E-state index in [4.69, 9.17) is 23.2 Å². The number of carboxylic acids is 1. The molecule has 0 aliphatic carbocycles. The standard InChI is InChI=1S/C25H28Cl2N2O2/c1-2-3-4-5-6-14-29-17-19(15-24(29)25(30)31)18-10-12-20(13-11-18)28-16-21-22(26)8-7-9-23(21)27/h7-13,15,17,28H,2-6,14,16H2,1H3,(H,30,31). The van der Waals surface area contributed by atoms with Crippen molar-refractivity contribution in [2.45, 2.75) is 52.1 Å². The third kappa shape index (κ3) is 6.28. The highest BCUT2D eigenvalue weighted by Gasteiger charge is 2.13. The monoisotopic (exact) mass is 458 g/mol. The van der Waals surface area contributed by atoms with Crippen LogP contribution in [0, 0.1) is 0 Å². The molecule has 0 amide bonds. The maximum atomic E-state index is 11.7. The lowest BCUT2D eigenvalue weighted by Crippen LogP contribution is -2.07. The van der Waals surface area contributed by atoms with Crippen molar-refractivity contribution in [2.75, 3.05) is 5.32 Å². The number of halogens is 2. The minimum Gasteiger partial charge on any atom is -0.477 e. The van der Waals surface area contributed by atoms with E-state index in [1.165, 1.54) is 19.3 Å². The van der Waals surface area contributed by atoms with Crippen LogP contribution in [0.15, 0.2) is 54.7 Å². The van der Waals surface area contributed by atoms with Gasteiger partial charge in [-0.25, -0.2) is 4.79 Å². The number of carboxylic acid groups (broad SMARTS) is 1. The maximum absolute atomic E-state index is 11.7. The normalized spacial score (nSPS) is 10.9. The summed E-state index contributed by atoms with van der Waals surface area (Å²) in [5.41, 5.74) is 4.02. The smallest absolute Gasteiger partial charge is 0.352 e. The van der Waals surface area contributed by atoms with Gasteiger partial charge in [0.2, 0.25) is 0 Å². The number of hydrogen-bond donors (Lipinski definition) is 2. The number of benzene rings is 2. The van der Waals surface area contributed by atoms with Gasteiger partial charge in [0.05, 0.1) is 0 Å². The van der Waals surface area contributed by atoms with Gasteiger partial charge in [-0.2, -0.15) is 0 Å². The van der Waals surface area contributed by atoms with Crippen LogP contribution in [0.2, 0.25) is 10.0 Å². The van der Waals surface area contributed by atoms with Gasteiger partial charge in [-0.3, -0.25) is 0 Å². The first-order chi connectivity index (χ1) is 15.0. The molecule has 0 spiro atoms. The fourth-order valence-electron chi connectivity index (χ4n) is 3.59. The van der Waals surface area contributed by atoms with Crippen LogP contribution in [0.1, 0.15) is 55.1 Å². The van der Waals surface area contributed by atoms with Gasteiger partial charge in [-0.1, -0.05) is 74.0 Å². The largest absolute Gasteiger partial charge is 0.477 e. The Balaban J connectivity index is 1.67. The molecule has 0 aliphatic heterocycles. The van der Waals surface area contributed by atoms with Crippen molar-refractivity contribution in [3.8, 4) is 11.1 Å². The number of nitrogens with zero attached hydrogens (tertiary/aromatic N) is 1. The van der Waals surface area contributed by atoms with Gasteiger partial charge >= 0.3 is 5.97 Å². The van der Waals surface area contributed by atoms with Gasteiger partial charge in [0, 0.05) is 46.1 Å². The number of hydrogen-bond acceptors (Lipinski definition) is 2. The number of aromatic carboxylic acids is 1. The molecule has 1 heterocycles. The van der Waals surface area contributed by atoms with Crippen LogP contribution in [0.4, 0.5) is 5.69 Å². The molecule has 0 saturated heterocycles. The highest BCUT2D eigenvalue weighted by Crippen LogP contribution is 2.27. The summed E-state index contributed by atoms with van der Waals surface area (Å²) in [7, 11) is 0. The molecular weight excluding hydrogens is 431 g/mol. The Morgan fingerprint density at radius 3 is 2.29 bits per heavy atom. The predicted molar refractivity (Wildman–Crippen MR) is 129 cm³/mol. The van der Waals surface area contributed by atoms with E-state index in [0.29, 0.717) is 22.3 Å². The zero-order valence-electron chi connectivity index (χ0n) is 17.7. The molecular formula is C25H28Cl2N2O2. The maximum Gasteiger partial charge on any atom is 0.352 e. The molecule has 4 nitrogen and oxygen atoms in total. The van der Waals surface area contributed by atoms with Crippen molar-refractivity contribution in [1.82, 2.24) is 4.57 Å². The molecule has 2 aromatic carbocycles. The summed E-state index contributed by atoms with van der Waals surface area (Å²) in [6, 6.07) is 15.1. The third-order valence-electron chi connectivity index (χ3n) is 5.37. The number of nitrogens with one attached hydrogen (secondary N) is 1. The Labute approximate surface area is 193 Å². The van der Waals surface area contributed by atoms with Gasteiger partial charge in [0.25, 0.3) is 0 Å². The molecule has 6 heteroatoms. The van der Waals surface area contributed by atoms with Crippen LogP contribution in [0.5, 0.6) is 0 Å². The fraction of sp³-hybridized carbons (Fsp3) is 0.320. The van der Waals surface area contributed by atoms with E-state index in [9.17, 15) is 9.90 Å². The van der Waals surface area contributed by atoms with Crippen LogP contribution in [-0.2, 0) is 13.1 Å². The van der Waals surface area contributed by atoms with Crippen LogP contribution in [0.3, 0.4) is 0 Å². The summed E-state index contributed by atoms with van der Waals surface area (Å²) >= 11 is 12.5. The SMILES string of the molecule is CCCCCCCn1cc(-c2ccc(NCc3c(Cl)cccc3Cl)cc2)cc1C(=O)O. The second kappa shape index (κ2) is 11.3. The first-order valence-corrected chi connectivity index (χ1v) is 11.5. The van der Waals surface area contributed by atoms with Gasteiger partial charge in [0.1, 0.15) is 5.69 Å². The number of rotatable bonds is 11. The number of anilines is 1. The third-order valence-corrected chi connectivity index (χ3v) is 6.08. The summed E-state index contributed by atoms with van der Waals surface area (Å²) < 4.78 is 1.86. The summed E-state index contributed by atoms with van der Waals surface area (Å²) in [6.45, 7) is 3.44. The van der Waals surface area contributed by atoms with Crippen molar-refractivity contribution in [2.24, 2.45) is 0 Å². The van der Waals surface area contributed by atoms with E-state index in [-0.39, 0.29) is 0 Å². The molecule has 0 unspecified atom stereocenters. The molecule has 1 aromatic heterocycles. The predicted octanol–water partition coefficient (Wildman–Crippen LogP) is 7.74. The molecule has 0 bridgehead atoms. The average molecular weight is 459 g/mol. The molecule has 31 heavy (non-hydrogen) atoms. The second-order valence-corrected chi connectivity index (χ2v) is 8.47. The van der Waals surface area contributed by atoms with Crippen molar-refractivity contribution in [1.29, 1.82) is 0 Å². The molecule has 2 N–H and O–H groups in total. The Bertz CT molecular complexity index is 993. The Hall–Kier alpha value is -2.43. The number of aryl methyl sites for hydroxylation is 1. The molecule has 3 rings (SSSR count). The first-order valence-electron chi connectivity index (χ1n) is 10.7. The second-order valence-electron chi connectivity index (χ2n) is 7.66. The van der Waals surface area contributed by atoms with Gasteiger partial charge in [0.15, 0.2) is 0 Å². The van der Waals surface area contributed by atoms with Crippen molar-refractivity contribution in [3.63, 3.8) is 0 Å². The lowest BCUT2D eigenvalue weighted by Gasteiger charge is -2.10. The quantitative estimate of drug-likeness (QED) is 0.288. The van der Waals surface area contributed by atoms with E-state index in [0.717, 1.165) is 41.8 Å². The first kappa shape index (κ1) is 23.2. The van der Waals surface area contributed by atoms with Crippen LogP contribution < -0.4 is 5.32 Å². The minimum absolute atomic E-state index is 0.334. The molecule has 0 aliphatic rings. The zero-order valence-corrected chi connectivity index (χ0v) is 19.2. The number of unbranched alkanes of at least 4 members (excludes halogenated alkanes) is 4. The van der Waals surface area contributed by atoms with Crippen molar-refractivity contribution < 1.29 is 9.90 Å². The summed E-state index contributed by atoms with van der Waals surface area (Å²) in [5, 5.41) is 14.2. The Kier molecular flexibility index (Phi) is 8.44. The molecule has 3 aromatic rings. The van der Waals surface area contributed by atoms with E-state index in [1.54, 1.807) is 6.07 Å². The Morgan fingerprint density at radius 1 is 0.968 bits per heavy atom. The van der Waals surface area contributed by atoms with Crippen LogP contribution in [0.25, 0.3) is 11.1 Å². The summed E-state index contributed by atoms with van der Waals surface area (Å²) in [5.74, 6) is -0.894. The van der Waals surface area contributed by atoms with Gasteiger partial charge in [-0.15, -0.1) is 0 Å². The average Bonchev–Trinajstić information content (AvgIpc) is 3.18. The molecule has 164 valence electrons. The van der Waals surface area contributed by atoms with Crippen molar-refractivity contribution >= 4 is 34.9 Å². The Morgan fingerprint density at radius 2 is 1.65 bits per heavy atom. The molecule has 0 fully saturated rings. The molecule has 0 saturated carbocycles. The van der Waals surface area contributed by atoms with Gasteiger partial charge in [-0.05, 0) is 42.3 Å². The van der Waals surface area contributed by atoms with Crippen molar-refractivity contribution in [3.05, 3.63) is 76.0 Å². The van der Waals surface area contributed by atoms with Crippen LogP contribution in [-0.4, -0.2) is 15.6 Å². The highest BCUT2D eigenvalue weighted by atomic mass is 35.5. The number of aromatic nitrogens is 1. The number of carbonyl (C=O) groups is 1. The summed E-state index contributed by atoms with van der Waals surface area (Å²) in [6.07, 6.45) is 7.67. The fourth-order valence-corrected chi connectivity index (χ4v) is 4.12. The van der Waals surface area contributed by atoms with E-state index >= 15 is 0 Å². The van der Waals surface area contributed by atoms with Crippen LogP contribution >= 0.6 is 23.2 Å².